The maximum absolute atomic E-state index is 13.8. The van der Waals surface area contributed by atoms with Crippen LogP contribution >= 0.6 is 0 Å². The minimum absolute atomic E-state index is 0.0513. The lowest BCUT2D eigenvalue weighted by molar-refractivity contribution is -0.145. The third kappa shape index (κ3) is 5.86. The molecular formula is C27H43N5O4. The molecule has 3 saturated carbocycles. The molecule has 1 heterocycles. The van der Waals surface area contributed by atoms with Gasteiger partial charge in [0.1, 0.15) is 12.1 Å². The van der Waals surface area contributed by atoms with Crippen LogP contribution in [0.1, 0.15) is 78.6 Å². The summed E-state index contributed by atoms with van der Waals surface area (Å²) in [6, 6.07) is -2.09. The van der Waals surface area contributed by atoms with Crippen LogP contribution in [0.2, 0.25) is 0 Å². The first-order valence-electron chi connectivity index (χ1n) is 13.6. The zero-order valence-electron chi connectivity index (χ0n) is 22.0. The lowest BCUT2D eigenvalue weighted by atomic mass is 9.80. The summed E-state index contributed by atoms with van der Waals surface area (Å²) in [5.74, 6) is -0.852. The van der Waals surface area contributed by atoms with E-state index in [1.165, 1.54) is 0 Å². The summed E-state index contributed by atoms with van der Waals surface area (Å²) in [6.45, 7) is 10.1. The number of likely N-dealkylation sites (tertiary alicyclic amines) is 1. The van der Waals surface area contributed by atoms with Gasteiger partial charge in [-0.2, -0.15) is 0 Å². The van der Waals surface area contributed by atoms with Gasteiger partial charge in [-0.05, 0) is 55.3 Å². The lowest BCUT2D eigenvalue weighted by Crippen LogP contribution is -2.59. The first-order valence-corrected chi connectivity index (χ1v) is 13.6. The summed E-state index contributed by atoms with van der Waals surface area (Å²) < 4.78 is 0. The Kier molecular flexibility index (Phi) is 7.67. The number of carbonyl (C=O) groups excluding carboxylic acids is 4. The molecule has 0 aromatic heterocycles. The number of ketones is 1. The van der Waals surface area contributed by atoms with Gasteiger partial charge >= 0.3 is 0 Å². The van der Waals surface area contributed by atoms with E-state index in [2.05, 4.69) is 22.5 Å². The molecule has 4 aliphatic rings. The van der Waals surface area contributed by atoms with Crippen molar-refractivity contribution in [1.29, 1.82) is 0 Å². The van der Waals surface area contributed by atoms with Crippen LogP contribution in [0.25, 0.3) is 0 Å². The van der Waals surface area contributed by atoms with Gasteiger partial charge in [0.05, 0.1) is 11.9 Å². The molecule has 1 aliphatic heterocycles. The fourth-order valence-electron chi connectivity index (χ4n) is 6.06. The maximum atomic E-state index is 13.8. The molecule has 4 rings (SSSR count). The standard InChI is InChI=1S/C27H43N5O4/c1-15(28)29-23(27(2,3)4)26(36)32-14-17-9-6-10-19(17)21(32)24(34)31-20(13-16-7-5-8-16)22(33)25(35)30-18-11-12-18/h16-21,23,29H,1,5-14,28H2,2-4H3,(H,30,35)(H,31,34)/t17-,19-,20?,21-,23+/m0/s1. The molecule has 36 heavy (non-hydrogen) atoms. The highest BCUT2D eigenvalue weighted by Crippen LogP contribution is 2.43. The first kappa shape index (κ1) is 26.5. The number of nitrogens with one attached hydrogen (secondary N) is 3. The Bertz CT molecular complexity index is 904. The van der Waals surface area contributed by atoms with Crippen LogP contribution in [0.3, 0.4) is 0 Å². The van der Waals surface area contributed by atoms with Gasteiger partial charge in [-0.1, -0.05) is 53.0 Å². The van der Waals surface area contributed by atoms with E-state index >= 15 is 0 Å². The third-order valence-corrected chi connectivity index (χ3v) is 8.45. The van der Waals surface area contributed by atoms with Crippen molar-refractivity contribution in [2.24, 2.45) is 28.9 Å². The van der Waals surface area contributed by atoms with Crippen LogP contribution in [0.4, 0.5) is 0 Å². The van der Waals surface area contributed by atoms with E-state index in [4.69, 9.17) is 5.73 Å². The van der Waals surface area contributed by atoms with Crippen molar-refractivity contribution in [2.75, 3.05) is 6.54 Å². The highest BCUT2D eigenvalue weighted by atomic mass is 16.2. The Labute approximate surface area is 214 Å². The molecule has 1 saturated heterocycles. The molecule has 3 aliphatic carbocycles. The molecule has 0 aromatic rings. The van der Waals surface area contributed by atoms with E-state index in [-0.39, 0.29) is 35.5 Å². The second kappa shape index (κ2) is 10.4. The molecule has 1 unspecified atom stereocenters. The second-order valence-corrected chi connectivity index (χ2v) is 12.5. The first-order chi connectivity index (χ1) is 17.0. The van der Waals surface area contributed by atoms with Gasteiger partial charge in [0, 0.05) is 12.6 Å². The number of rotatable bonds is 10. The molecular weight excluding hydrogens is 458 g/mol. The summed E-state index contributed by atoms with van der Waals surface area (Å²) in [5.41, 5.74) is 5.36. The van der Waals surface area contributed by atoms with Crippen LogP contribution in [0.15, 0.2) is 12.4 Å². The van der Waals surface area contributed by atoms with Crippen molar-refractivity contribution in [3.63, 3.8) is 0 Å². The molecule has 4 fully saturated rings. The van der Waals surface area contributed by atoms with Crippen molar-refractivity contribution in [3.8, 4) is 0 Å². The smallest absolute Gasteiger partial charge is 0.289 e. The molecule has 0 aromatic carbocycles. The van der Waals surface area contributed by atoms with Crippen molar-refractivity contribution >= 4 is 23.5 Å². The molecule has 200 valence electrons. The normalized spacial score (nSPS) is 27.4. The van der Waals surface area contributed by atoms with E-state index < -0.39 is 35.2 Å². The summed E-state index contributed by atoms with van der Waals surface area (Å²) in [5, 5.41) is 8.72. The van der Waals surface area contributed by atoms with Gasteiger partial charge in [0.25, 0.3) is 5.91 Å². The third-order valence-electron chi connectivity index (χ3n) is 8.45. The van der Waals surface area contributed by atoms with Gasteiger partial charge in [-0.15, -0.1) is 0 Å². The van der Waals surface area contributed by atoms with Crippen molar-refractivity contribution < 1.29 is 19.2 Å². The average molecular weight is 502 g/mol. The average Bonchev–Trinajstić information content (AvgIpc) is 3.32. The van der Waals surface area contributed by atoms with E-state index in [1.54, 1.807) is 4.90 Å². The number of fused-ring (bicyclic) bond motifs is 1. The van der Waals surface area contributed by atoms with Crippen LogP contribution in [-0.2, 0) is 19.2 Å². The van der Waals surface area contributed by atoms with Gasteiger partial charge in [0.15, 0.2) is 0 Å². The second-order valence-electron chi connectivity index (χ2n) is 12.5. The Balaban J connectivity index is 1.53. The van der Waals surface area contributed by atoms with E-state index in [0.717, 1.165) is 51.4 Å². The minimum Gasteiger partial charge on any atom is -0.386 e. The molecule has 5 atom stereocenters. The lowest BCUT2D eigenvalue weighted by Gasteiger charge is -2.37. The Morgan fingerprint density at radius 3 is 2.22 bits per heavy atom. The Morgan fingerprint density at radius 1 is 1.00 bits per heavy atom. The van der Waals surface area contributed by atoms with Crippen molar-refractivity contribution in [3.05, 3.63) is 12.4 Å². The fourth-order valence-corrected chi connectivity index (χ4v) is 6.06. The van der Waals surface area contributed by atoms with Gasteiger partial charge in [0.2, 0.25) is 17.6 Å². The number of carbonyl (C=O) groups is 4. The number of hydrogen-bond acceptors (Lipinski definition) is 6. The summed E-state index contributed by atoms with van der Waals surface area (Å²) >= 11 is 0. The van der Waals surface area contributed by atoms with Crippen molar-refractivity contribution in [1.82, 2.24) is 20.9 Å². The molecule has 9 heteroatoms. The summed E-state index contributed by atoms with van der Waals surface area (Å²) in [6.07, 6.45) is 8.23. The summed E-state index contributed by atoms with van der Waals surface area (Å²) in [7, 11) is 0. The quantitative estimate of drug-likeness (QED) is 0.336. The van der Waals surface area contributed by atoms with Gasteiger partial charge in [-0.25, -0.2) is 0 Å². The molecule has 9 nitrogen and oxygen atoms in total. The van der Waals surface area contributed by atoms with Gasteiger partial charge < -0.3 is 26.6 Å². The van der Waals surface area contributed by atoms with Crippen LogP contribution < -0.4 is 21.7 Å². The SMILES string of the molecule is C=C(N)N[C@H](C(=O)N1C[C@@H]2CCC[C@@H]2[C@H]1C(=O)NC(CC1CCC1)C(=O)C(=O)NC1CC1)C(C)(C)C. The zero-order chi connectivity index (χ0) is 26.2. The van der Waals surface area contributed by atoms with E-state index in [9.17, 15) is 19.2 Å². The van der Waals surface area contributed by atoms with Gasteiger partial charge in [-0.3, -0.25) is 19.2 Å². The number of hydrogen-bond donors (Lipinski definition) is 4. The minimum atomic E-state index is -0.862. The highest BCUT2D eigenvalue weighted by Gasteiger charge is 2.52. The number of nitrogens with zero attached hydrogens (tertiary/aromatic N) is 1. The highest BCUT2D eigenvalue weighted by molar-refractivity contribution is 6.38. The monoisotopic (exact) mass is 501 g/mol. The fraction of sp³-hybridized carbons (Fsp3) is 0.778. The van der Waals surface area contributed by atoms with Crippen LogP contribution in [-0.4, -0.2) is 59.1 Å². The van der Waals surface area contributed by atoms with E-state index in [1.807, 2.05) is 20.8 Å². The Hall–Kier alpha value is -2.58. The van der Waals surface area contributed by atoms with Crippen LogP contribution in [0.5, 0.6) is 0 Å². The molecule has 0 spiro atoms. The number of amides is 3. The molecule has 5 N–H and O–H groups in total. The largest absolute Gasteiger partial charge is 0.386 e. The van der Waals surface area contributed by atoms with Crippen LogP contribution in [0, 0.1) is 23.2 Å². The topological polar surface area (TPSA) is 134 Å². The molecule has 0 radical (unpaired) electrons. The van der Waals surface area contributed by atoms with Crippen molar-refractivity contribution in [2.45, 2.75) is 103 Å². The summed E-state index contributed by atoms with van der Waals surface area (Å²) in [4.78, 5) is 55.0. The van der Waals surface area contributed by atoms with E-state index in [0.29, 0.717) is 18.9 Å². The number of nitrogens with two attached hydrogens (primary N) is 1. The Morgan fingerprint density at radius 2 is 1.67 bits per heavy atom. The molecule has 0 bridgehead atoms. The number of Topliss-reactive ketones (excluding diaryl/α,β-unsaturated/α-hetero) is 1. The zero-order valence-corrected chi connectivity index (χ0v) is 22.0. The predicted octanol–water partition coefficient (Wildman–Crippen LogP) is 1.57. The predicted molar refractivity (Wildman–Crippen MR) is 136 cm³/mol. The maximum Gasteiger partial charge on any atom is 0.289 e. The molecule has 3 amide bonds.